The fourth-order valence-electron chi connectivity index (χ4n) is 2.09. The van der Waals surface area contributed by atoms with Crippen LogP contribution in [0, 0.1) is 0 Å². The SMILES string of the molecule is CCC(C)(N=C=O)c1ccc(C(C)(CC)N=C=O)cc1. The van der Waals surface area contributed by atoms with Crippen LogP contribution in [-0.4, -0.2) is 12.2 Å². The van der Waals surface area contributed by atoms with Crippen LogP contribution in [-0.2, 0) is 20.7 Å². The molecule has 4 nitrogen and oxygen atoms in total. The Bertz CT molecular complexity index is 503. The zero-order valence-electron chi connectivity index (χ0n) is 12.4. The fourth-order valence-corrected chi connectivity index (χ4v) is 2.09. The molecule has 1 aromatic carbocycles. The molecule has 0 aromatic heterocycles. The molecule has 0 fully saturated rings. The zero-order valence-corrected chi connectivity index (χ0v) is 12.4. The lowest BCUT2D eigenvalue weighted by Crippen LogP contribution is -2.20. The number of isocyanates is 2. The van der Waals surface area contributed by atoms with Crippen LogP contribution in [0.15, 0.2) is 34.3 Å². The fraction of sp³-hybridized carbons (Fsp3) is 0.500. The molecular weight excluding hydrogens is 252 g/mol. The van der Waals surface area contributed by atoms with E-state index in [1.165, 1.54) is 0 Å². The lowest BCUT2D eigenvalue weighted by molar-refractivity contribution is 0.460. The number of rotatable bonds is 6. The Morgan fingerprint density at radius 1 is 0.850 bits per heavy atom. The first-order chi connectivity index (χ1) is 9.45. The van der Waals surface area contributed by atoms with Gasteiger partial charge in [-0.15, -0.1) is 0 Å². The predicted molar refractivity (Wildman–Crippen MR) is 78.0 cm³/mol. The Balaban J connectivity index is 3.23. The summed E-state index contributed by atoms with van der Waals surface area (Å²) in [6, 6.07) is 7.70. The zero-order chi connectivity index (χ0) is 15.2. The highest BCUT2D eigenvalue weighted by molar-refractivity contribution is 5.41. The largest absolute Gasteiger partial charge is 0.235 e. The average Bonchev–Trinajstić information content (AvgIpc) is 2.47. The molecule has 106 valence electrons. The monoisotopic (exact) mass is 272 g/mol. The van der Waals surface area contributed by atoms with E-state index in [2.05, 4.69) is 9.98 Å². The predicted octanol–water partition coefficient (Wildman–Crippen LogP) is 3.61. The maximum atomic E-state index is 10.6. The van der Waals surface area contributed by atoms with Gasteiger partial charge in [-0.3, -0.25) is 0 Å². The lowest BCUT2D eigenvalue weighted by Gasteiger charge is -2.25. The molecule has 0 amide bonds. The van der Waals surface area contributed by atoms with Crippen molar-refractivity contribution in [2.45, 2.75) is 51.6 Å². The molecule has 0 saturated heterocycles. The molecule has 0 aliphatic heterocycles. The Labute approximate surface area is 119 Å². The summed E-state index contributed by atoms with van der Waals surface area (Å²) in [5.74, 6) is 0. The number of carbonyl (C=O) groups excluding carboxylic acids is 2. The smallest absolute Gasteiger partial charge is 0.211 e. The molecule has 0 spiro atoms. The average molecular weight is 272 g/mol. The second-order valence-electron chi connectivity index (χ2n) is 5.24. The molecule has 0 bridgehead atoms. The van der Waals surface area contributed by atoms with E-state index >= 15 is 0 Å². The van der Waals surface area contributed by atoms with Crippen LogP contribution in [0.3, 0.4) is 0 Å². The molecule has 2 atom stereocenters. The first-order valence-corrected chi connectivity index (χ1v) is 6.75. The minimum atomic E-state index is -0.559. The van der Waals surface area contributed by atoms with Crippen molar-refractivity contribution in [3.63, 3.8) is 0 Å². The van der Waals surface area contributed by atoms with Crippen LogP contribution < -0.4 is 0 Å². The summed E-state index contributed by atoms with van der Waals surface area (Å²) in [6.45, 7) is 7.74. The van der Waals surface area contributed by atoms with Gasteiger partial charge in [0.1, 0.15) is 0 Å². The van der Waals surface area contributed by atoms with Crippen molar-refractivity contribution < 1.29 is 9.59 Å². The van der Waals surface area contributed by atoms with Gasteiger partial charge in [0.15, 0.2) is 0 Å². The number of hydrogen-bond acceptors (Lipinski definition) is 4. The van der Waals surface area contributed by atoms with Crippen LogP contribution in [0.2, 0.25) is 0 Å². The van der Waals surface area contributed by atoms with Crippen molar-refractivity contribution in [2.75, 3.05) is 0 Å². The van der Waals surface area contributed by atoms with Crippen LogP contribution in [0.5, 0.6) is 0 Å². The third-order valence-corrected chi connectivity index (χ3v) is 4.09. The molecular formula is C16H20N2O2. The molecule has 0 heterocycles. The van der Waals surface area contributed by atoms with Gasteiger partial charge >= 0.3 is 0 Å². The number of nitrogens with zero attached hydrogens (tertiary/aromatic N) is 2. The van der Waals surface area contributed by atoms with E-state index in [1.807, 2.05) is 52.0 Å². The molecule has 4 heteroatoms. The third-order valence-electron chi connectivity index (χ3n) is 4.09. The first kappa shape index (κ1) is 16.0. The van der Waals surface area contributed by atoms with Crippen molar-refractivity contribution in [3.8, 4) is 0 Å². The topological polar surface area (TPSA) is 58.9 Å². The van der Waals surface area contributed by atoms with Crippen molar-refractivity contribution >= 4 is 12.2 Å². The maximum Gasteiger partial charge on any atom is 0.235 e. The van der Waals surface area contributed by atoms with Gasteiger partial charge in [0.2, 0.25) is 12.2 Å². The molecule has 1 rings (SSSR count). The summed E-state index contributed by atoms with van der Waals surface area (Å²) in [4.78, 5) is 28.9. The molecule has 0 aliphatic rings. The molecule has 0 aliphatic carbocycles. The van der Waals surface area contributed by atoms with Gasteiger partial charge in [-0.1, -0.05) is 38.1 Å². The minimum Gasteiger partial charge on any atom is -0.211 e. The Kier molecular flexibility index (Phi) is 5.15. The van der Waals surface area contributed by atoms with Crippen LogP contribution in [0.25, 0.3) is 0 Å². The summed E-state index contributed by atoms with van der Waals surface area (Å²) in [5, 5.41) is 0. The Morgan fingerprint density at radius 3 is 1.35 bits per heavy atom. The second-order valence-corrected chi connectivity index (χ2v) is 5.24. The number of aliphatic imine (C=N–C) groups is 2. The van der Waals surface area contributed by atoms with E-state index in [9.17, 15) is 9.59 Å². The Hall–Kier alpha value is -2.02. The van der Waals surface area contributed by atoms with Gasteiger partial charge in [-0.05, 0) is 37.8 Å². The van der Waals surface area contributed by atoms with Crippen molar-refractivity contribution in [1.29, 1.82) is 0 Å². The van der Waals surface area contributed by atoms with Crippen LogP contribution >= 0.6 is 0 Å². The number of benzene rings is 1. The summed E-state index contributed by atoms with van der Waals surface area (Å²) in [7, 11) is 0. The van der Waals surface area contributed by atoms with Crippen LogP contribution in [0.1, 0.15) is 51.7 Å². The van der Waals surface area contributed by atoms with Gasteiger partial charge in [0.05, 0.1) is 11.1 Å². The van der Waals surface area contributed by atoms with E-state index in [0.29, 0.717) is 12.8 Å². The molecule has 2 unspecified atom stereocenters. The van der Waals surface area contributed by atoms with Crippen molar-refractivity contribution in [3.05, 3.63) is 35.4 Å². The summed E-state index contributed by atoms with van der Waals surface area (Å²) in [5.41, 5.74) is 0.773. The number of hydrogen-bond donors (Lipinski definition) is 0. The highest BCUT2D eigenvalue weighted by Crippen LogP contribution is 2.33. The van der Waals surface area contributed by atoms with Crippen LogP contribution in [0.4, 0.5) is 0 Å². The normalized spacial score (nSPS) is 16.2. The molecule has 0 radical (unpaired) electrons. The third kappa shape index (κ3) is 3.11. The van der Waals surface area contributed by atoms with Crippen molar-refractivity contribution in [1.82, 2.24) is 0 Å². The van der Waals surface area contributed by atoms with Crippen molar-refractivity contribution in [2.24, 2.45) is 9.98 Å². The summed E-state index contributed by atoms with van der Waals surface area (Å²) >= 11 is 0. The van der Waals surface area contributed by atoms with E-state index in [-0.39, 0.29) is 0 Å². The highest BCUT2D eigenvalue weighted by Gasteiger charge is 2.27. The summed E-state index contributed by atoms with van der Waals surface area (Å²) < 4.78 is 0. The molecule has 0 N–H and O–H groups in total. The summed E-state index contributed by atoms with van der Waals surface area (Å²) in [6.07, 6.45) is 4.69. The van der Waals surface area contributed by atoms with E-state index in [4.69, 9.17) is 0 Å². The lowest BCUT2D eigenvalue weighted by atomic mass is 9.85. The van der Waals surface area contributed by atoms with Gasteiger partial charge in [-0.2, -0.15) is 9.98 Å². The molecule has 1 aromatic rings. The maximum absolute atomic E-state index is 10.6. The van der Waals surface area contributed by atoms with Gasteiger partial charge < -0.3 is 0 Å². The standard InChI is InChI=1S/C16H20N2O2/c1-5-15(3,17-11-19)13-7-9-14(10-8-13)16(4,6-2)18-12-20/h7-10H,5-6H2,1-4H3. The quantitative estimate of drug-likeness (QED) is 0.586. The van der Waals surface area contributed by atoms with Gasteiger partial charge in [-0.25, -0.2) is 9.59 Å². The minimum absolute atomic E-state index is 0.559. The van der Waals surface area contributed by atoms with E-state index < -0.39 is 11.1 Å². The highest BCUT2D eigenvalue weighted by atomic mass is 16.1. The van der Waals surface area contributed by atoms with Gasteiger partial charge in [0.25, 0.3) is 0 Å². The molecule has 0 saturated carbocycles. The second kappa shape index (κ2) is 6.42. The molecule has 20 heavy (non-hydrogen) atoms. The Morgan fingerprint density at radius 2 is 1.15 bits per heavy atom. The van der Waals surface area contributed by atoms with Gasteiger partial charge in [0, 0.05) is 0 Å². The first-order valence-electron chi connectivity index (χ1n) is 6.75. The van der Waals surface area contributed by atoms with E-state index in [0.717, 1.165) is 11.1 Å². The van der Waals surface area contributed by atoms with E-state index in [1.54, 1.807) is 12.2 Å².